The van der Waals surface area contributed by atoms with Crippen molar-refractivity contribution in [1.82, 2.24) is 4.98 Å². The number of aromatic hydroxyl groups is 2. The van der Waals surface area contributed by atoms with E-state index in [9.17, 15) is 23.4 Å². The molecule has 0 atom stereocenters. The largest absolute Gasteiger partial charge is 0.504 e. The number of anilines is 2. The van der Waals surface area contributed by atoms with Gasteiger partial charge in [-0.3, -0.25) is 0 Å². The number of nitrogens with one attached hydrogen (secondary N) is 1. The van der Waals surface area contributed by atoms with Gasteiger partial charge in [0.1, 0.15) is 5.75 Å². The molecule has 0 aliphatic heterocycles. The van der Waals surface area contributed by atoms with E-state index < -0.39 is 11.7 Å². The first kappa shape index (κ1) is 24.7. The molecule has 1 aromatic heterocycles. The molecule has 0 bridgehead atoms. The van der Waals surface area contributed by atoms with Crippen LogP contribution in [0.1, 0.15) is 51.0 Å². The van der Waals surface area contributed by atoms with Gasteiger partial charge in [-0.2, -0.15) is 13.2 Å². The number of rotatable bonds is 11. The van der Waals surface area contributed by atoms with Gasteiger partial charge >= 0.3 is 6.18 Å². The van der Waals surface area contributed by atoms with Crippen molar-refractivity contribution < 1.29 is 28.1 Å². The summed E-state index contributed by atoms with van der Waals surface area (Å²) in [5.41, 5.74) is 0.499. The molecule has 0 saturated carbocycles. The molecule has 0 aliphatic carbocycles. The third kappa shape index (κ3) is 7.02. The predicted octanol–water partition coefficient (Wildman–Crippen LogP) is 7.72. The van der Waals surface area contributed by atoms with Crippen LogP contribution in [0.4, 0.5) is 24.0 Å². The predicted molar refractivity (Wildman–Crippen MR) is 124 cm³/mol. The smallest absolute Gasteiger partial charge is 0.420 e. The number of hydrogen-bond donors (Lipinski definition) is 3. The van der Waals surface area contributed by atoms with Crippen LogP contribution < -0.4 is 10.1 Å². The lowest BCUT2D eigenvalue weighted by Crippen LogP contribution is -2.10. The van der Waals surface area contributed by atoms with Gasteiger partial charge in [-0.05, 0) is 42.8 Å². The maximum atomic E-state index is 13.6. The van der Waals surface area contributed by atoms with Crippen molar-refractivity contribution in [1.29, 1.82) is 0 Å². The Morgan fingerprint density at radius 1 is 0.970 bits per heavy atom. The number of aromatic nitrogens is 1. The van der Waals surface area contributed by atoms with E-state index in [2.05, 4.69) is 17.2 Å². The van der Waals surface area contributed by atoms with Gasteiger partial charge in [-0.15, -0.1) is 11.3 Å². The van der Waals surface area contributed by atoms with Crippen LogP contribution >= 0.6 is 11.3 Å². The second kappa shape index (κ2) is 11.3. The van der Waals surface area contributed by atoms with Gasteiger partial charge in [0, 0.05) is 16.6 Å². The summed E-state index contributed by atoms with van der Waals surface area (Å²) in [7, 11) is 0. The van der Waals surface area contributed by atoms with E-state index in [0.29, 0.717) is 16.4 Å². The second-order valence-corrected chi connectivity index (χ2v) is 8.55. The van der Waals surface area contributed by atoms with Gasteiger partial charge in [0.15, 0.2) is 16.6 Å². The first-order chi connectivity index (χ1) is 15.8. The molecule has 178 valence electrons. The van der Waals surface area contributed by atoms with Gasteiger partial charge in [0.2, 0.25) is 0 Å². The number of hydrogen-bond acceptors (Lipinski definition) is 6. The molecule has 0 spiro atoms. The lowest BCUT2D eigenvalue weighted by molar-refractivity contribution is -0.138. The van der Waals surface area contributed by atoms with Crippen molar-refractivity contribution >= 4 is 22.2 Å². The highest BCUT2D eigenvalue weighted by Gasteiger charge is 2.34. The molecule has 0 amide bonds. The average molecular weight is 481 g/mol. The fourth-order valence-corrected chi connectivity index (χ4v) is 4.03. The summed E-state index contributed by atoms with van der Waals surface area (Å²) >= 11 is 1.21. The summed E-state index contributed by atoms with van der Waals surface area (Å²) in [6.07, 6.45) is 1.62. The minimum atomic E-state index is -4.55. The van der Waals surface area contributed by atoms with Crippen molar-refractivity contribution in [3.8, 4) is 28.5 Å². The van der Waals surface area contributed by atoms with Gasteiger partial charge in [0.25, 0.3) is 0 Å². The van der Waals surface area contributed by atoms with Gasteiger partial charge in [0.05, 0.1) is 17.9 Å². The van der Waals surface area contributed by atoms with E-state index in [1.807, 2.05) is 0 Å². The Labute approximate surface area is 194 Å². The molecule has 0 radical (unpaired) electrons. The fourth-order valence-electron chi connectivity index (χ4n) is 3.29. The zero-order valence-corrected chi connectivity index (χ0v) is 19.1. The van der Waals surface area contributed by atoms with Crippen molar-refractivity contribution in [3.63, 3.8) is 0 Å². The highest BCUT2D eigenvalue weighted by Crippen LogP contribution is 2.39. The molecule has 5 nitrogen and oxygen atoms in total. The molecule has 0 unspecified atom stereocenters. The molecule has 9 heteroatoms. The molecular weight excluding hydrogens is 453 g/mol. The third-order valence-electron chi connectivity index (χ3n) is 5.07. The lowest BCUT2D eigenvalue weighted by atomic mass is 10.1. The summed E-state index contributed by atoms with van der Waals surface area (Å²) in [4.78, 5) is 4.35. The van der Waals surface area contributed by atoms with Crippen LogP contribution in [0.3, 0.4) is 0 Å². The van der Waals surface area contributed by atoms with Crippen LogP contribution in [0.25, 0.3) is 11.3 Å². The van der Waals surface area contributed by atoms with Crippen LogP contribution in [0.2, 0.25) is 0 Å². The van der Waals surface area contributed by atoms with E-state index in [1.54, 1.807) is 11.4 Å². The van der Waals surface area contributed by atoms with E-state index in [0.717, 1.165) is 38.2 Å². The molecule has 1 heterocycles. The summed E-state index contributed by atoms with van der Waals surface area (Å²) in [5, 5.41) is 24.1. The molecule has 33 heavy (non-hydrogen) atoms. The molecule has 3 N–H and O–H groups in total. The molecule has 0 fully saturated rings. The Balaban J connectivity index is 1.66. The van der Waals surface area contributed by atoms with Crippen LogP contribution in [0, 0.1) is 0 Å². The molecule has 2 aromatic carbocycles. The van der Waals surface area contributed by atoms with E-state index in [1.165, 1.54) is 42.0 Å². The maximum absolute atomic E-state index is 13.6. The molecular formula is C24H27F3N2O3S. The normalized spacial score (nSPS) is 11.5. The summed E-state index contributed by atoms with van der Waals surface area (Å²) in [6.45, 7) is 2.38. The Kier molecular flexibility index (Phi) is 8.43. The Morgan fingerprint density at radius 2 is 1.73 bits per heavy atom. The van der Waals surface area contributed by atoms with Gasteiger partial charge in [-0.1, -0.05) is 39.0 Å². The van der Waals surface area contributed by atoms with Crippen LogP contribution in [-0.2, 0) is 6.18 Å². The number of phenols is 2. The third-order valence-corrected chi connectivity index (χ3v) is 5.82. The average Bonchev–Trinajstić information content (AvgIpc) is 3.23. The summed E-state index contributed by atoms with van der Waals surface area (Å²) < 4.78 is 46.3. The van der Waals surface area contributed by atoms with Crippen LogP contribution in [0.15, 0.2) is 41.8 Å². The monoisotopic (exact) mass is 480 g/mol. The highest BCUT2D eigenvalue weighted by molar-refractivity contribution is 7.14. The topological polar surface area (TPSA) is 74.6 Å². The minimum absolute atomic E-state index is 0.180. The SMILES string of the molecule is CCCCCCCCOc1ccc(Nc2nc(-c3ccc(O)c(O)c3)cs2)cc1C(F)(F)F. The van der Waals surface area contributed by atoms with Crippen molar-refractivity contribution in [3.05, 3.63) is 47.3 Å². The van der Waals surface area contributed by atoms with Crippen LogP contribution in [-0.4, -0.2) is 21.8 Å². The van der Waals surface area contributed by atoms with E-state index >= 15 is 0 Å². The summed E-state index contributed by atoms with van der Waals surface area (Å²) in [6, 6.07) is 8.17. The standard InChI is InChI=1S/C24H27F3N2O3S/c1-2-3-4-5-6-7-12-32-22-11-9-17(14-18(22)24(25,26)27)28-23-29-19(15-33-23)16-8-10-20(30)21(31)13-16/h8-11,13-15,30-31H,2-7,12H2,1H3,(H,28,29). The first-order valence-electron chi connectivity index (χ1n) is 10.9. The van der Waals surface area contributed by atoms with Gasteiger partial charge < -0.3 is 20.3 Å². The Hall–Kier alpha value is -2.94. The molecule has 3 rings (SSSR count). The number of unbranched alkanes of at least 4 members (excludes halogenated alkanes) is 5. The number of halogens is 3. The molecule has 0 aliphatic rings. The number of thiazole rings is 1. The molecule has 3 aromatic rings. The fraction of sp³-hybridized carbons (Fsp3) is 0.375. The number of alkyl halides is 3. The second-order valence-electron chi connectivity index (χ2n) is 7.69. The van der Waals surface area contributed by atoms with Crippen LogP contribution in [0.5, 0.6) is 17.2 Å². The van der Waals surface area contributed by atoms with Crippen molar-refractivity contribution in [2.75, 3.05) is 11.9 Å². The number of benzene rings is 2. The lowest BCUT2D eigenvalue weighted by Gasteiger charge is -2.15. The maximum Gasteiger partial charge on any atom is 0.420 e. The van der Waals surface area contributed by atoms with Crippen molar-refractivity contribution in [2.45, 2.75) is 51.6 Å². The number of phenolic OH excluding ortho intramolecular Hbond substituents is 2. The van der Waals surface area contributed by atoms with E-state index in [-0.39, 0.29) is 29.5 Å². The minimum Gasteiger partial charge on any atom is -0.504 e. The zero-order valence-electron chi connectivity index (χ0n) is 18.3. The number of nitrogens with zero attached hydrogens (tertiary/aromatic N) is 1. The van der Waals surface area contributed by atoms with Gasteiger partial charge in [-0.25, -0.2) is 4.98 Å². The Morgan fingerprint density at radius 3 is 2.45 bits per heavy atom. The number of ether oxygens (including phenoxy) is 1. The van der Waals surface area contributed by atoms with E-state index in [4.69, 9.17) is 4.74 Å². The first-order valence-corrected chi connectivity index (χ1v) is 11.7. The highest BCUT2D eigenvalue weighted by atomic mass is 32.1. The summed E-state index contributed by atoms with van der Waals surface area (Å²) in [5.74, 6) is -0.701. The van der Waals surface area contributed by atoms with Crippen molar-refractivity contribution in [2.24, 2.45) is 0 Å². The Bertz CT molecular complexity index is 1050. The molecule has 0 saturated heterocycles. The zero-order chi connectivity index (χ0) is 23.8. The quantitative estimate of drug-likeness (QED) is 0.193.